The van der Waals surface area contributed by atoms with Crippen LogP contribution < -0.4 is 0 Å². The van der Waals surface area contributed by atoms with Crippen molar-refractivity contribution < 1.29 is 13.0 Å². The summed E-state index contributed by atoms with van der Waals surface area (Å²) in [6.45, 7) is 0. The van der Waals surface area contributed by atoms with Gasteiger partial charge in [-0.05, 0) is 0 Å². The smallest absolute Gasteiger partial charge is 0.172 e. The summed E-state index contributed by atoms with van der Waals surface area (Å²) in [6.07, 6.45) is 0. The predicted octanol–water partition coefficient (Wildman–Crippen LogP) is 4.88. The van der Waals surface area contributed by atoms with Crippen molar-refractivity contribution >= 4 is 29.1 Å². The minimum atomic E-state index is -1.75. The average molecular weight is 338 g/mol. The van der Waals surface area contributed by atoms with Gasteiger partial charge in [0, 0.05) is 0 Å². The third-order valence-electron chi connectivity index (χ3n) is 1.11. The Labute approximate surface area is 102 Å². The van der Waals surface area contributed by atoms with E-state index >= 15 is 0 Å². The molecule has 0 radical (unpaired) electrons. The van der Waals surface area contributed by atoms with Gasteiger partial charge in [0.2, 0.25) is 0 Å². The van der Waals surface area contributed by atoms with Crippen molar-refractivity contribution in [1.82, 2.24) is 0 Å². The van der Waals surface area contributed by atoms with Crippen molar-refractivity contribution in [3.63, 3.8) is 0 Å². The molecule has 2 aromatic carbocycles. The first-order chi connectivity index (χ1) is 6.73. The zero-order chi connectivity index (χ0) is 10.6. The molecule has 0 saturated carbocycles. The van der Waals surface area contributed by atoms with E-state index in [4.69, 9.17) is 29.1 Å². The normalized spacial score (nSPS) is 8.93. The second kappa shape index (κ2) is 11.3. The standard InChI is InChI=1S/2C5H5.3ClH.Ru/c2*1-2-4-5-3-1;;;;/h2*1-5H;3*1H;/q2*-1;;;;+3/p-3. The third-order valence-corrected chi connectivity index (χ3v) is 1.11. The molecule has 0 aliphatic heterocycles. The van der Waals surface area contributed by atoms with Gasteiger partial charge in [-0.15, -0.1) is 0 Å². The van der Waals surface area contributed by atoms with E-state index in [1.165, 1.54) is 0 Å². The summed E-state index contributed by atoms with van der Waals surface area (Å²) in [6, 6.07) is 20.0. The Kier molecular flexibility index (Phi) is 11.4. The van der Waals surface area contributed by atoms with Gasteiger partial charge in [0.25, 0.3) is 0 Å². The monoisotopic (exact) mass is 337 g/mol. The topological polar surface area (TPSA) is 0 Å². The van der Waals surface area contributed by atoms with Crippen LogP contribution in [0.5, 0.6) is 0 Å². The van der Waals surface area contributed by atoms with Crippen LogP contribution in [0.25, 0.3) is 0 Å². The van der Waals surface area contributed by atoms with Crippen LogP contribution in [0, 0.1) is 0 Å². The van der Waals surface area contributed by atoms with Crippen molar-refractivity contribution in [2.24, 2.45) is 0 Å². The molecular formula is C10H10Cl3Ru-2. The molecule has 0 aliphatic carbocycles. The Balaban J connectivity index is 0.000000183. The number of halogens is 3. The summed E-state index contributed by atoms with van der Waals surface area (Å²) >= 11 is -1.75. The van der Waals surface area contributed by atoms with E-state index in [1.807, 2.05) is 60.7 Å². The zero-order valence-electron chi connectivity index (χ0n) is 7.26. The summed E-state index contributed by atoms with van der Waals surface area (Å²) in [7, 11) is 14.8. The minimum absolute atomic E-state index is 1.75. The van der Waals surface area contributed by atoms with Crippen molar-refractivity contribution in [3.05, 3.63) is 60.7 Å². The van der Waals surface area contributed by atoms with Crippen LogP contribution in [0.3, 0.4) is 0 Å². The maximum atomic E-state index is 4.95. The van der Waals surface area contributed by atoms with Crippen LogP contribution in [0.1, 0.15) is 0 Å². The molecule has 2 aromatic rings. The van der Waals surface area contributed by atoms with Crippen molar-refractivity contribution in [2.45, 2.75) is 0 Å². The molecule has 0 amide bonds. The van der Waals surface area contributed by atoms with Crippen LogP contribution in [-0.4, -0.2) is 0 Å². The van der Waals surface area contributed by atoms with E-state index in [0.717, 1.165) is 0 Å². The Hall–Kier alpha value is 0.193. The average Bonchev–Trinajstić information content (AvgIpc) is 2.83. The maximum Gasteiger partial charge on any atom is -0.172 e. The summed E-state index contributed by atoms with van der Waals surface area (Å²) in [5.41, 5.74) is 0. The van der Waals surface area contributed by atoms with E-state index in [0.29, 0.717) is 0 Å². The largest absolute Gasteiger partial charge is 0.214 e. The Morgan fingerprint density at radius 3 is 0.929 bits per heavy atom. The second-order valence-electron chi connectivity index (χ2n) is 2.08. The first-order valence-corrected chi connectivity index (χ1v) is 10.4. The first-order valence-electron chi connectivity index (χ1n) is 3.73. The van der Waals surface area contributed by atoms with E-state index in [9.17, 15) is 0 Å². The summed E-state index contributed by atoms with van der Waals surface area (Å²) in [5, 5.41) is 0. The molecule has 0 heterocycles. The van der Waals surface area contributed by atoms with E-state index < -0.39 is 13.0 Å². The molecule has 0 fully saturated rings. The molecule has 4 heteroatoms. The predicted molar refractivity (Wildman–Crippen MR) is 61.6 cm³/mol. The quantitative estimate of drug-likeness (QED) is 0.475. The van der Waals surface area contributed by atoms with E-state index in [2.05, 4.69) is 0 Å². The van der Waals surface area contributed by atoms with Gasteiger partial charge in [-0.3, -0.25) is 0 Å². The molecule has 0 nitrogen and oxygen atoms in total. The fourth-order valence-electron chi connectivity index (χ4n) is 0.642. The zero-order valence-corrected chi connectivity index (χ0v) is 11.3. The molecule has 14 heavy (non-hydrogen) atoms. The third kappa shape index (κ3) is 14.7. The van der Waals surface area contributed by atoms with Crippen molar-refractivity contribution in [1.29, 1.82) is 0 Å². The summed E-state index contributed by atoms with van der Waals surface area (Å²) in [4.78, 5) is 0. The van der Waals surface area contributed by atoms with Gasteiger partial charge in [0.15, 0.2) is 0 Å². The second-order valence-corrected chi connectivity index (χ2v) is 9.99. The van der Waals surface area contributed by atoms with Crippen LogP contribution in [-0.2, 0) is 13.0 Å². The molecule has 0 atom stereocenters. The molecule has 0 unspecified atom stereocenters. The molecule has 0 bridgehead atoms. The van der Waals surface area contributed by atoms with Gasteiger partial charge in [-0.1, -0.05) is 0 Å². The molecule has 0 aliphatic rings. The van der Waals surface area contributed by atoms with E-state index in [1.54, 1.807) is 0 Å². The maximum absolute atomic E-state index is 4.95. The minimum Gasteiger partial charge on any atom is -0.214 e. The van der Waals surface area contributed by atoms with Crippen molar-refractivity contribution in [3.8, 4) is 0 Å². The van der Waals surface area contributed by atoms with Crippen LogP contribution in [0.15, 0.2) is 60.7 Å². The number of rotatable bonds is 0. The van der Waals surface area contributed by atoms with E-state index in [-0.39, 0.29) is 0 Å². The number of hydrogen-bond donors (Lipinski definition) is 0. The van der Waals surface area contributed by atoms with Crippen LogP contribution in [0.4, 0.5) is 0 Å². The van der Waals surface area contributed by atoms with Crippen molar-refractivity contribution in [2.75, 3.05) is 0 Å². The van der Waals surface area contributed by atoms with Gasteiger partial charge < -0.3 is 0 Å². The van der Waals surface area contributed by atoms with Gasteiger partial charge in [0.1, 0.15) is 0 Å². The van der Waals surface area contributed by atoms with Gasteiger partial charge in [0.05, 0.1) is 0 Å². The fourth-order valence-corrected chi connectivity index (χ4v) is 0.642. The fraction of sp³-hybridized carbons (Fsp3) is 0. The van der Waals surface area contributed by atoms with Gasteiger partial charge in [-0.2, -0.15) is 36.4 Å². The van der Waals surface area contributed by atoms with Gasteiger partial charge in [-0.25, -0.2) is 24.3 Å². The number of hydrogen-bond acceptors (Lipinski definition) is 0. The molecule has 0 saturated heterocycles. The molecular weight excluding hydrogens is 328 g/mol. The molecule has 0 N–H and O–H groups in total. The summed E-state index contributed by atoms with van der Waals surface area (Å²) < 4.78 is 0. The Morgan fingerprint density at radius 1 is 0.643 bits per heavy atom. The summed E-state index contributed by atoms with van der Waals surface area (Å²) in [5.74, 6) is 0. The molecule has 2 rings (SSSR count). The van der Waals surface area contributed by atoms with Crippen LogP contribution in [0.2, 0.25) is 0 Å². The Bertz CT molecular complexity index is 187. The van der Waals surface area contributed by atoms with Crippen LogP contribution >= 0.6 is 29.1 Å². The first kappa shape index (κ1) is 14.2. The molecule has 81 valence electrons. The van der Waals surface area contributed by atoms with Gasteiger partial charge >= 0.3 is 42.1 Å². The molecule has 0 spiro atoms. The molecule has 0 aromatic heterocycles. The SMILES string of the molecule is [Cl][Ru]([Cl])[Cl].c1cc[cH-]c1.c1cc[cH-]c1. The Morgan fingerprint density at radius 2 is 0.857 bits per heavy atom.